The van der Waals surface area contributed by atoms with Crippen molar-refractivity contribution in [2.75, 3.05) is 5.33 Å². The van der Waals surface area contributed by atoms with Gasteiger partial charge in [0.05, 0.1) is 15.2 Å². The SMILES string of the molecule is BrCC(Cc1nc2ccccc2s1)c1ccccc1Br. The Bertz CT molecular complexity index is 690. The first-order chi connectivity index (χ1) is 9.78. The van der Waals surface area contributed by atoms with Crippen LogP contribution < -0.4 is 0 Å². The second kappa shape index (κ2) is 6.37. The smallest absolute Gasteiger partial charge is 0.0945 e. The molecular formula is C16H13Br2NS. The lowest BCUT2D eigenvalue weighted by atomic mass is 9.98. The number of rotatable bonds is 4. The minimum absolute atomic E-state index is 0.436. The van der Waals surface area contributed by atoms with Crippen LogP contribution in [-0.2, 0) is 6.42 Å². The number of hydrogen-bond donors (Lipinski definition) is 0. The second-order valence-corrected chi connectivity index (χ2v) is 7.27. The number of nitrogens with zero attached hydrogens (tertiary/aromatic N) is 1. The normalized spacial score (nSPS) is 12.7. The van der Waals surface area contributed by atoms with Crippen LogP contribution in [0.5, 0.6) is 0 Å². The molecule has 0 spiro atoms. The van der Waals surface area contributed by atoms with Gasteiger partial charge < -0.3 is 0 Å². The van der Waals surface area contributed by atoms with Gasteiger partial charge in [-0.05, 0) is 23.8 Å². The Kier molecular flexibility index (Phi) is 4.54. The first-order valence-corrected chi connectivity index (χ1v) is 9.16. The zero-order chi connectivity index (χ0) is 13.9. The van der Waals surface area contributed by atoms with Crippen LogP contribution in [0.1, 0.15) is 16.5 Å². The van der Waals surface area contributed by atoms with E-state index in [-0.39, 0.29) is 0 Å². The third-order valence-corrected chi connectivity index (χ3v) is 5.85. The van der Waals surface area contributed by atoms with E-state index in [0.717, 1.165) is 17.3 Å². The van der Waals surface area contributed by atoms with E-state index in [1.807, 2.05) is 6.07 Å². The summed E-state index contributed by atoms with van der Waals surface area (Å²) in [6, 6.07) is 16.8. The lowest BCUT2D eigenvalue weighted by Crippen LogP contribution is -2.05. The summed E-state index contributed by atoms with van der Waals surface area (Å²) in [6.07, 6.45) is 0.965. The molecule has 3 aromatic rings. The highest BCUT2D eigenvalue weighted by molar-refractivity contribution is 9.10. The van der Waals surface area contributed by atoms with E-state index >= 15 is 0 Å². The van der Waals surface area contributed by atoms with Gasteiger partial charge in [0.15, 0.2) is 0 Å². The van der Waals surface area contributed by atoms with Gasteiger partial charge in [-0.15, -0.1) is 11.3 Å². The summed E-state index contributed by atoms with van der Waals surface area (Å²) in [5, 5.41) is 2.14. The Morgan fingerprint density at radius 2 is 1.80 bits per heavy atom. The molecular weight excluding hydrogens is 398 g/mol. The topological polar surface area (TPSA) is 12.9 Å². The molecule has 0 aliphatic carbocycles. The Morgan fingerprint density at radius 1 is 1.05 bits per heavy atom. The van der Waals surface area contributed by atoms with Gasteiger partial charge in [-0.1, -0.05) is 62.2 Å². The minimum atomic E-state index is 0.436. The van der Waals surface area contributed by atoms with Crippen molar-refractivity contribution in [3.8, 4) is 0 Å². The predicted octanol–water partition coefficient (Wildman–Crippen LogP) is 5.78. The van der Waals surface area contributed by atoms with Crippen LogP contribution in [0.15, 0.2) is 53.0 Å². The highest BCUT2D eigenvalue weighted by Gasteiger charge is 2.16. The van der Waals surface area contributed by atoms with Crippen molar-refractivity contribution in [1.29, 1.82) is 0 Å². The van der Waals surface area contributed by atoms with Crippen molar-refractivity contribution >= 4 is 53.4 Å². The number of aromatic nitrogens is 1. The van der Waals surface area contributed by atoms with E-state index in [1.54, 1.807) is 11.3 Å². The van der Waals surface area contributed by atoms with Gasteiger partial charge >= 0.3 is 0 Å². The van der Waals surface area contributed by atoms with Gasteiger partial charge in [-0.2, -0.15) is 0 Å². The van der Waals surface area contributed by atoms with Crippen LogP contribution in [0.3, 0.4) is 0 Å². The average molecular weight is 411 g/mol. The van der Waals surface area contributed by atoms with Crippen LogP contribution in [0.25, 0.3) is 10.2 Å². The molecule has 0 saturated heterocycles. The molecule has 3 rings (SSSR count). The van der Waals surface area contributed by atoms with E-state index in [4.69, 9.17) is 4.98 Å². The lowest BCUT2D eigenvalue weighted by Gasteiger charge is -2.14. The predicted molar refractivity (Wildman–Crippen MR) is 94.0 cm³/mol. The van der Waals surface area contributed by atoms with Crippen molar-refractivity contribution in [2.45, 2.75) is 12.3 Å². The van der Waals surface area contributed by atoms with E-state index < -0.39 is 0 Å². The first-order valence-electron chi connectivity index (χ1n) is 6.43. The number of benzene rings is 2. The summed E-state index contributed by atoms with van der Waals surface area (Å²) in [4.78, 5) is 4.74. The van der Waals surface area contributed by atoms with E-state index in [2.05, 4.69) is 74.3 Å². The average Bonchev–Trinajstić information content (AvgIpc) is 2.88. The van der Waals surface area contributed by atoms with Crippen molar-refractivity contribution < 1.29 is 0 Å². The molecule has 0 saturated carbocycles. The summed E-state index contributed by atoms with van der Waals surface area (Å²) in [5.74, 6) is 0.436. The van der Waals surface area contributed by atoms with Crippen molar-refractivity contribution in [1.82, 2.24) is 4.98 Å². The van der Waals surface area contributed by atoms with Crippen LogP contribution in [-0.4, -0.2) is 10.3 Å². The highest BCUT2D eigenvalue weighted by Crippen LogP contribution is 2.31. The summed E-state index contributed by atoms with van der Waals surface area (Å²) >= 11 is 9.09. The van der Waals surface area contributed by atoms with Crippen LogP contribution in [0.4, 0.5) is 0 Å². The van der Waals surface area contributed by atoms with Crippen molar-refractivity contribution in [3.05, 3.63) is 63.6 Å². The molecule has 0 bridgehead atoms. The number of fused-ring (bicyclic) bond motifs is 1. The number of thiazole rings is 1. The summed E-state index contributed by atoms with van der Waals surface area (Å²) in [6.45, 7) is 0. The molecule has 2 aromatic carbocycles. The standard InChI is InChI=1S/C16H13Br2NS/c17-10-11(12-5-1-2-6-13(12)18)9-16-19-14-7-3-4-8-15(14)20-16/h1-8,11H,9-10H2. The number of hydrogen-bond acceptors (Lipinski definition) is 2. The molecule has 1 atom stereocenters. The molecule has 1 unspecified atom stereocenters. The van der Waals surface area contributed by atoms with E-state index in [9.17, 15) is 0 Å². The third-order valence-electron chi connectivity index (χ3n) is 3.29. The molecule has 1 heterocycles. The molecule has 20 heavy (non-hydrogen) atoms. The summed E-state index contributed by atoms with van der Waals surface area (Å²) in [5.41, 5.74) is 2.44. The molecule has 0 aliphatic heterocycles. The maximum atomic E-state index is 4.74. The molecule has 0 N–H and O–H groups in total. The largest absolute Gasteiger partial charge is 0.241 e. The first kappa shape index (κ1) is 14.2. The summed E-state index contributed by atoms with van der Waals surface area (Å²) in [7, 11) is 0. The molecule has 0 fully saturated rings. The molecule has 4 heteroatoms. The molecule has 102 valence electrons. The maximum Gasteiger partial charge on any atom is 0.0945 e. The zero-order valence-electron chi connectivity index (χ0n) is 10.7. The third kappa shape index (κ3) is 2.97. The molecule has 1 aromatic heterocycles. The number of alkyl halides is 1. The number of para-hydroxylation sites is 1. The van der Waals surface area contributed by atoms with Crippen molar-refractivity contribution in [3.63, 3.8) is 0 Å². The second-order valence-electron chi connectivity index (χ2n) is 4.65. The van der Waals surface area contributed by atoms with Crippen LogP contribution >= 0.6 is 43.2 Å². The lowest BCUT2D eigenvalue weighted by molar-refractivity contribution is 0.768. The van der Waals surface area contributed by atoms with Gasteiger partial charge in [0, 0.05) is 22.1 Å². The molecule has 0 radical (unpaired) electrons. The highest BCUT2D eigenvalue weighted by atomic mass is 79.9. The fourth-order valence-corrected chi connectivity index (χ4v) is 4.51. The van der Waals surface area contributed by atoms with E-state index in [1.165, 1.54) is 19.7 Å². The van der Waals surface area contributed by atoms with E-state index in [0.29, 0.717) is 5.92 Å². The fourth-order valence-electron chi connectivity index (χ4n) is 2.27. The molecule has 0 amide bonds. The van der Waals surface area contributed by atoms with Crippen LogP contribution in [0, 0.1) is 0 Å². The Hall–Kier alpha value is -0.710. The van der Waals surface area contributed by atoms with Gasteiger partial charge in [0.2, 0.25) is 0 Å². The van der Waals surface area contributed by atoms with Gasteiger partial charge in [0.1, 0.15) is 0 Å². The minimum Gasteiger partial charge on any atom is -0.241 e. The Morgan fingerprint density at radius 3 is 2.55 bits per heavy atom. The fraction of sp³-hybridized carbons (Fsp3) is 0.188. The van der Waals surface area contributed by atoms with Gasteiger partial charge in [-0.25, -0.2) is 4.98 Å². The zero-order valence-corrected chi connectivity index (χ0v) is 14.7. The Labute approximate surface area is 139 Å². The molecule has 1 nitrogen and oxygen atoms in total. The molecule has 0 aliphatic rings. The summed E-state index contributed by atoms with van der Waals surface area (Å²) < 4.78 is 2.44. The number of halogens is 2. The Balaban J connectivity index is 1.90. The van der Waals surface area contributed by atoms with Gasteiger partial charge in [-0.3, -0.25) is 0 Å². The quantitative estimate of drug-likeness (QED) is 0.496. The monoisotopic (exact) mass is 409 g/mol. The van der Waals surface area contributed by atoms with Crippen molar-refractivity contribution in [2.24, 2.45) is 0 Å². The van der Waals surface area contributed by atoms with Gasteiger partial charge in [0.25, 0.3) is 0 Å². The van der Waals surface area contributed by atoms with Crippen LogP contribution in [0.2, 0.25) is 0 Å². The maximum absolute atomic E-state index is 4.74.